The number of aromatic nitrogens is 3. The minimum Gasteiger partial charge on any atom is -0.462 e. The summed E-state index contributed by atoms with van der Waals surface area (Å²) >= 11 is 0. The van der Waals surface area contributed by atoms with Gasteiger partial charge in [-0.2, -0.15) is 15.4 Å². The van der Waals surface area contributed by atoms with E-state index in [0.29, 0.717) is 5.52 Å². The summed E-state index contributed by atoms with van der Waals surface area (Å²) in [6, 6.07) is 12.0. The molecule has 14 nitrogen and oxygen atoms in total. The van der Waals surface area contributed by atoms with E-state index in [4.69, 9.17) is 24.3 Å². The number of hydrogen-bond donors (Lipinski definition) is 4. The Labute approximate surface area is 230 Å². The molecule has 1 aliphatic rings. The second-order valence-electron chi connectivity index (χ2n) is 9.74. The van der Waals surface area contributed by atoms with Crippen molar-refractivity contribution in [1.29, 1.82) is 5.26 Å². The smallest absolute Gasteiger partial charge is 0.459 e. The highest BCUT2D eigenvalue weighted by Gasteiger charge is 2.65. The van der Waals surface area contributed by atoms with E-state index >= 15 is 0 Å². The molecule has 1 saturated heterocycles. The lowest BCUT2D eigenvalue weighted by atomic mass is 9.80. The molecule has 1 fully saturated rings. The number of fused-ring (bicyclic) bond motifs is 1. The fraction of sp³-hybridized carbons (Fsp3) is 0.440. The number of carbonyl (C=O) groups is 1. The molecule has 2 aromatic heterocycles. The summed E-state index contributed by atoms with van der Waals surface area (Å²) in [6.45, 7) is 5.38. The van der Waals surface area contributed by atoms with Gasteiger partial charge >= 0.3 is 13.7 Å². The number of para-hydroxylation sites is 1. The van der Waals surface area contributed by atoms with Crippen LogP contribution in [0.2, 0.25) is 0 Å². The molecular weight excluding hydrogens is 543 g/mol. The Bertz CT molecular complexity index is 1460. The van der Waals surface area contributed by atoms with E-state index in [0.717, 1.165) is 0 Å². The van der Waals surface area contributed by atoms with Crippen molar-refractivity contribution in [2.75, 3.05) is 12.3 Å². The molecule has 1 aliphatic heterocycles. The van der Waals surface area contributed by atoms with Gasteiger partial charge in [0.2, 0.25) is 5.60 Å². The molecule has 15 heteroatoms. The van der Waals surface area contributed by atoms with Crippen molar-refractivity contribution >= 4 is 25.1 Å². The molecule has 5 N–H and O–H groups in total. The highest BCUT2D eigenvalue weighted by atomic mass is 31.2. The molecule has 0 spiro atoms. The van der Waals surface area contributed by atoms with Crippen molar-refractivity contribution in [3.8, 4) is 11.8 Å². The van der Waals surface area contributed by atoms with E-state index in [1.807, 2.05) is 6.07 Å². The van der Waals surface area contributed by atoms with Crippen LogP contribution in [0.25, 0.3) is 5.52 Å². The molecule has 4 rings (SSSR count). The van der Waals surface area contributed by atoms with Crippen molar-refractivity contribution in [3.63, 3.8) is 0 Å². The molecule has 1 aromatic carbocycles. The van der Waals surface area contributed by atoms with E-state index in [1.54, 1.807) is 38.1 Å². The fourth-order valence-corrected chi connectivity index (χ4v) is 5.85. The number of rotatable bonds is 10. The number of hydrogen-bond acceptors (Lipinski definition) is 12. The van der Waals surface area contributed by atoms with Gasteiger partial charge in [-0.25, -0.2) is 14.1 Å². The first-order chi connectivity index (χ1) is 18.8. The summed E-state index contributed by atoms with van der Waals surface area (Å²) in [6.07, 6.45) is -2.30. The maximum Gasteiger partial charge on any atom is 0.459 e. The molecule has 40 heavy (non-hydrogen) atoms. The summed E-state index contributed by atoms with van der Waals surface area (Å²) in [4.78, 5) is 16.3. The van der Waals surface area contributed by atoms with Gasteiger partial charge in [0.15, 0.2) is 5.82 Å². The third-order valence-corrected chi connectivity index (χ3v) is 8.05. The molecule has 0 bridgehead atoms. The zero-order chi connectivity index (χ0) is 29.3. The number of anilines is 1. The van der Waals surface area contributed by atoms with E-state index in [2.05, 4.69) is 15.2 Å². The van der Waals surface area contributed by atoms with E-state index < -0.39 is 55.9 Å². The summed E-state index contributed by atoms with van der Waals surface area (Å²) in [5.41, 5.74) is 2.02. The standard InChI is InChI=1S/C25H31N6O8P/c1-15(2)37-23(33)16(3)30-40(35,39-17-8-6-5-7-9-17)36-12-19-21(32)24(4,34)25(13-26,38-19)20-11-10-18-22(27)28-14-29-31(18)20/h5-11,14-16,19,21,32,34H,12H2,1-4H3,(H,30,35)(H2,27,28,29)/t16-,19+,21+,24+,25-,40?/m0/s1. The van der Waals surface area contributed by atoms with Crippen molar-refractivity contribution in [1.82, 2.24) is 19.7 Å². The van der Waals surface area contributed by atoms with Gasteiger partial charge in [-0.05, 0) is 52.0 Å². The molecule has 1 unspecified atom stereocenters. The first-order valence-electron chi connectivity index (χ1n) is 12.4. The minimum atomic E-state index is -4.32. The van der Waals surface area contributed by atoms with E-state index in [1.165, 1.54) is 42.9 Å². The third-order valence-electron chi connectivity index (χ3n) is 6.40. The number of nitrogen functional groups attached to an aromatic ring is 1. The summed E-state index contributed by atoms with van der Waals surface area (Å²) < 4.78 is 37.5. The molecular formula is C25H31N6O8P. The number of ether oxygens (including phenoxy) is 2. The Morgan fingerprint density at radius 2 is 2.00 bits per heavy atom. The van der Waals surface area contributed by atoms with Gasteiger partial charge in [0.25, 0.3) is 0 Å². The van der Waals surface area contributed by atoms with Crippen molar-refractivity contribution in [2.45, 2.75) is 63.3 Å². The number of aliphatic hydroxyl groups excluding tert-OH is 1. The number of nitrogens with one attached hydrogen (secondary N) is 1. The predicted molar refractivity (Wildman–Crippen MR) is 141 cm³/mol. The second-order valence-corrected chi connectivity index (χ2v) is 11.4. The highest BCUT2D eigenvalue weighted by Crippen LogP contribution is 2.50. The average Bonchev–Trinajstić information content (AvgIpc) is 3.41. The molecule has 0 radical (unpaired) electrons. The second kappa shape index (κ2) is 11.1. The van der Waals surface area contributed by atoms with Gasteiger partial charge in [0.1, 0.15) is 47.5 Å². The monoisotopic (exact) mass is 574 g/mol. The number of nitrogens with zero attached hydrogens (tertiary/aromatic N) is 4. The number of benzene rings is 1. The van der Waals surface area contributed by atoms with Gasteiger partial charge in [0, 0.05) is 0 Å². The van der Waals surface area contributed by atoms with Gasteiger partial charge in [-0.1, -0.05) is 18.2 Å². The lowest BCUT2D eigenvalue weighted by Gasteiger charge is -2.33. The van der Waals surface area contributed by atoms with Crippen LogP contribution in [0.1, 0.15) is 33.4 Å². The highest BCUT2D eigenvalue weighted by molar-refractivity contribution is 7.52. The number of nitrogens with two attached hydrogens (primary N) is 1. The van der Waals surface area contributed by atoms with E-state index in [-0.39, 0.29) is 17.3 Å². The fourth-order valence-electron chi connectivity index (χ4n) is 4.35. The maximum atomic E-state index is 13.8. The van der Waals surface area contributed by atoms with Gasteiger partial charge in [-0.15, -0.1) is 0 Å². The minimum absolute atomic E-state index is 0.0811. The Balaban J connectivity index is 1.61. The van der Waals surface area contributed by atoms with Crippen LogP contribution in [0.5, 0.6) is 5.75 Å². The van der Waals surface area contributed by atoms with Crippen LogP contribution >= 0.6 is 7.75 Å². The van der Waals surface area contributed by atoms with Gasteiger partial charge < -0.3 is 29.9 Å². The largest absolute Gasteiger partial charge is 0.462 e. The first-order valence-corrected chi connectivity index (χ1v) is 13.9. The first kappa shape index (κ1) is 29.4. The Morgan fingerprint density at radius 1 is 1.30 bits per heavy atom. The zero-order valence-corrected chi connectivity index (χ0v) is 23.2. The van der Waals surface area contributed by atoms with Crippen molar-refractivity contribution < 1.29 is 38.1 Å². The SMILES string of the molecule is CC(C)OC(=O)[C@H](C)NP(=O)(OC[C@H]1O[C@@](C#N)(c2ccc3c(N)ncnn23)[C@](C)(O)[C@@H]1O)Oc1ccccc1. The van der Waals surface area contributed by atoms with Crippen LogP contribution in [0.3, 0.4) is 0 Å². The third kappa shape index (κ3) is 5.40. The molecule has 6 atom stereocenters. The predicted octanol–water partition coefficient (Wildman–Crippen LogP) is 1.67. The molecule has 214 valence electrons. The zero-order valence-electron chi connectivity index (χ0n) is 22.3. The van der Waals surface area contributed by atoms with Crippen LogP contribution in [0.4, 0.5) is 5.82 Å². The Morgan fingerprint density at radius 3 is 2.65 bits per heavy atom. The molecule has 3 heterocycles. The maximum absolute atomic E-state index is 13.8. The quantitative estimate of drug-likeness (QED) is 0.201. The summed E-state index contributed by atoms with van der Waals surface area (Å²) in [5.74, 6) is -0.394. The van der Waals surface area contributed by atoms with Crippen molar-refractivity contribution in [2.24, 2.45) is 0 Å². The molecule has 0 aliphatic carbocycles. The van der Waals surface area contributed by atoms with Crippen LogP contribution in [-0.2, 0) is 29.0 Å². The number of aliphatic hydroxyl groups is 2. The number of nitriles is 1. The van der Waals surface area contributed by atoms with Crippen LogP contribution in [0, 0.1) is 11.3 Å². The van der Waals surface area contributed by atoms with Crippen LogP contribution in [0.15, 0.2) is 48.8 Å². The van der Waals surface area contributed by atoms with Crippen LogP contribution in [-0.4, -0.2) is 67.3 Å². The van der Waals surface area contributed by atoms with Crippen molar-refractivity contribution in [3.05, 3.63) is 54.5 Å². The normalized spacial score (nSPS) is 26.8. The van der Waals surface area contributed by atoms with Gasteiger partial charge in [-0.3, -0.25) is 9.32 Å². The van der Waals surface area contributed by atoms with Gasteiger partial charge in [0.05, 0.1) is 18.4 Å². The summed E-state index contributed by atoms with van der Waals surface area (Å²) in [5, 5.41) is 39.3. The molecule has 0 saturated carbocycles. The molecule has 3 aromatic rings. The number of carbonyl (C=O) groups excluding carboxylic acids is 1. The Kier molecular flexibility index (Phi) is 8.18. The molecule has 0 amide bonds. The Hall–Kier alpha value is -3.57. The van der Waals surface area contributed by atoms with Crippen LogP contribution < -0.4 is 15.3 Å². The average molecular weight is 575 g/mol. The topological polar surface area (TPSA) is 204 Å². The lowest BCUT2D eigenvalue weighted by molar-refractivity contribution is -0.149. The lowest BCUT2D eigenvalue weighted by Crippen LogP contribution is -2.52. The summed E-state index contributed by atoms with van der Waals surface area (Å²) in [7, 11) is -4.32. The number of esters is 1. The van der Waals surface area contributed by atoms with E-state index in [9.17, 15) is 24.8 Å².